The van der Waals surface area contributed by atoms with Gasteiger partial charge >= 0.3 is 29.6 Å². The van der Waals surface area contributed by atoms with E-state index in [4.69, 9.17) is 37.1 Å². The van der Waals surface area contributed by atoms with Gasteiger partial charge in [-0.15, -0.1) is 12.6 Å². The summed E-state index contributed by atoms with van der Waals surface area (Å²) in [4.78, 5) is 0. The van der Waals surface area contributed by atoms with Crippen molar-refractivity contribution in [1.29, 1.82) is 0 Å². The third-order valence-corrected chi connectivity index (χ3v) is 1.61. The zero-order chi connectivity index (χ0) is 7.28. The molecule has 0 nitrogen and oxygen atoms in total. The number of hydrogen-bond acceptors (Lipinski definition) is 3. The van der Waals surface area contributed by atoms with Crippen LogP contribution in [-0.2, 0) is 12.6 Å². The van der Waals surface area contributed by atoms with Crippen LogP contribution in [0.5, 0.6) is 0 Å². The first-order valence-corrected chi connectivity index (χ1v) is 4.22. The summed E-state index contributed by atoms with van der Waals surface area (Å²) in [5, 5.41) is 0. The largest absolute Gasteiger partial charge is 1.00 e. The quantitative estimate of drug-likeness (QED) is 0.287. The maximum atomic E-state index is 4.73. The van der Waals surface area contributed by atoms with Gasteiger partial charge in [-0.2, -0.15) is 4.20 Å². The van der Waals surface area contributed by atoms with Crippen molar-refractivity contribution in [2.75, 3.05) is 0 Å². The van der Waals surface area contributed by atoms with Crippen LogP contribution in [0.1, 0.15) is 19.3 Å². The van der Waals surface area contributed by atoms with Gasteiger partial charge in [0.1, 0.15) is 0 Å². The molecular weight excluding hydrogens is 211 g/mol. The Kier molecular flexibility index (Phi) is 12.6. The number of hydrogen-bond donors (Lipinski definition) is 1. The Labute approximate surface area is 106 Å². The smallest absolute Gasteiger partial charge is 0.433 e. The Balaban J connectivity index is 0. The molecule has 0 unspecified atom stereocenters. The Morgan fingerprint density at radius 3 is 2.10 bits per heavy atom. The first kappa shape index (κ1) is 14.3. The van der Waals surface area contributed by atoms with E-state index in [9.17, 15) is 0 Å². The number of thiol groups is 1. The van der Waals surface area contributed by atoms with E-state index >= 15 is 0 Å². The van der Waals surface area contributed by atoms with Crippen molar-refractivity contribution < 1.29 is 29.6 Å². The minimum atomic E-state index is 0. The molecule has 0 aliphatic rings. The predicted molar refractivity (Wildman–Crippen MR) is 55.4 cm³/mol. The fourth-order valence-electron chi connectivity index (χ4n) is 0.384. The molecule has 0 rings (SSSR count). The van der Waals surface area contributed by atoms with Crippen LogP contribution < -0.4 is 29.6 Å². The molecule has 0 saturated heterocycles. The van der Waals surface area contributed by atoms with Gasteiger partial charge in [0.2, 0.25) is 0 Å². The van der Waals surface area contributed by atoms with Gasteiger partial charge in [-0.1, -0.05) is 12.2 Å². The first-order valence-electron chi connectivity index (χ1n) is 2.54. The maximum absolute atomic E-state index is 4.73. The van der Waals surface area contributed by atoms with E-state index in [2.05, 4.69) is 12.6 Å². The Hall–Kier alpha value is 1.75. The Morgan fingerprint density at radius 1 is 1.30 bits per heavy atom. The van der Waals surface area contributed by atoms with Crippen molar-refractivity contribution >= 4 is 58.1 Å². The molecule has 0 saturated carbocycles. The van der Waals surface area contributed by atoms with E-state index in [0.717, 1.165) is 23.5 Å². The van der Waals surface area contributed by atoms with E-state index in [-0.39, 0.29) is 29.6 Å². The fraction of sp³-hybridized carbons (Fsp3) is 0.600. The van der Waals surface area contributed by atoms with Crippen LogP contribution in [0, 0.1) is 0 Å². The van der Waals surface area contributed by atoms with E-state index in [1.54, 1.807) is 0 Å². The van der Waals surface area contributed by atoms with Crippen molar-refractivity contribution in [2.45, 2.75) is 19.3 Å². The number of thiocarbonyl (C=S) groups is 2. The van der Waals surface area contributed by atoms with Gasteiger partial charge in [-0.3, -0.25) is 0 Å². The van der Waals surface area contributed by atoms with E-state index < -0.39 is 0 Å². The summed E-state index contributed by atoms with van der Waals surface area (Å²) in [6.45, 7) is 0. The van der Waals surface area contributed by atoms with Gasteiger partial charge in [-0.25, -0.2) is 0 Å². The van der Waals surface area contributed by atoms with Gasteiger partial charge in [0, 0.05) is 4.20 Å². The Bertz CT molecular complexity index is 109. The van der Waals surface area contributed by atoms with E-state index in [1.165, 1.54) is 0 Å². The summed E-state index contributed by atoms with van der Waals surface area (Å²) >= 11 is 18.1. The SMILES string of the molecule is S=C([S-])CCCC(=S)S.[Na+]. The van der Waals surface area contributed by atoms with Crippen LogP contribution in [-0.4, -0.2) is 8.39 Å². The van der Waals surface area contributed by atoms with Crippen LogP contribution in [0.3, 0.4) is 0 Å². The second kappa shape index (κ2) is 8.84. The van der Waals surface area contributed by atoms with Gasteiger partial charge in [0.15, 0.2) is 0 Å². The molecule has 0 spiro atoms. The summed E-state index contributed by atoms with van der Waals surface area (Å²) in [6, 6.07) is 0. The Morgan fingerprint density at radius 2 is 1.80 bits per heavy atom. The van der Waals surface area contributed by atoms with Crippen LogP contribution in [0.15, 0.2) is 0 Å². The maximum Gasteiger partial charge on any atom is 1.00 e. The van der Waals surface area contributed by atoms with Crippen molar-refractivity contribution in [2.24, 2.45) is 0 Å². The molecule has 0 aliphatic heterocycles. The van der Waals surface area contributed by atoms with Gasteiger partial charge < -0.3 is 24.8 Å². The number of rotatable bonds is 4. The second-order valence-corrected chi connectivity index (χ2v) is 4.20. The molecule has 0 atom stereocenters. The predicted octanol–water partition coefficient (Wildman–Crippen LogP) is -0.708. The third-order valence-electron chi connectivity index (χ3n) is 0.772. The van der Waals surface area contributed by atoms with E-state index in [0.29, 0.717) is 4.20 Å². The van der Waals surface area contributed by atoms with Crippen molar-refractivity contribution in [3.63, 3.8) is 0 Å². The minimum absolute atomic E-state index is 0. The van der Waals surface area contributed by atoms with Crippen molar-refractivity contribution in [3.8, 4) is 0 Å². The van der Waals surface area contributed by atoms with Crippen molar-refractivity contribution in [1.82, 2.24) is 0 Å². The van der Waals surface area contributed by atoms with Crippen molar-refractivity contribution in [3.05, 3.63) is 0 Å². The monoisotopic (exact) mass is 218 g/mol. The van der Waals surface area contributed by atoms with E-state index in [1.807, 2.05) is 0 Å². The molecule has 0 N–H and O–H groups in total. The average Bonchev–Trinajstić information content (AvgIpc) is 1.63. The summed E-state index contributed by atoms with van der Waals surface area (Å²) in [7, 11) is 0. The molecule has 0 aromatic heterocycles. The van der Waals surface area contributed by atoms with Crippen LogP contribution in [0.2, 0.25) is 0 Å². The second-order valence-electron chi connectivity index (χ2n) is 1.62. The van der Waals surface area contributed by atoms with Gasteiger partial charge in [-0.05, 0) is 19.3 Å². The van der Waals surface area contributed by atoms with Gasteiger partial charge in [0.05, 0.1) is 0 Å². The minimum Gasteiger partial charge on any atom is -0.433 e. The molecule has 10 heavy (non-hydrogen) atoms. The summed E-state index contributed by atoms with van der Waals surface area (Å²) < 4.78 is 1.38. The normalized spacial score (nSPS) is 8.10. The molecule has 0 heterocycles. The zero-order valence-electron chi connectivity index (χ0n) is 5.79. The average molecular weight is 218 g/mol. The summed E-state index contributed by atoms with van der Waals surface area (Å²) in [5.41, 5.74) is 0. The molecule has 0 aromatic rings. The van der Waals surface area contributed by atoms with Crippen LogP contribution in [0.25, 0.3) is 0 Å². The van der Waals surface area contributed by atoms with Crippen LogP contribution in [0.4, 0.5) is 0 Å². The molecule has 0 aliphatic carbocycles. The molecule has 0 radical (unpaired) electrons. The molecule has 0 bridgehead atoms. The molecule has 52 valence electrons. The third kappa shape index (κ3) is 12.4. The standard InChI is InChI=1S/C5H8S4.Na/c6-4(7)2-1-3-5(8)9;/h1-3H2,(H,6,7)(H,8,9);/q;+1/p-1. The molecular formula is C5H7NaS4. The molecule has 0 aromatic carbocycles. The topological polar surface area (TPSA) is 0 Å². The first-order chi connectivity index (χ1) is 4.13. The summed E-state index contributed by atoms with van der Waals surface area (Å²) in [6.07, 6.45) is 2.60. The molecule has 0 amide bonds. The summed E-state index contributed by atoms with van der Waals surface area (Å²) in [5.74, 6) is 0. The molecule has 0 fully saturated rings. The zero-order valence-corrected chi connectivity index (χ0v) is 11.1. The fourth-order valence-corrected chi connectivity index (χ4v) is 0.975. The van der Waals surface area contributed by atoms with Crippen LogP contribution >= 0.6 is 37.1 Å². The van der Waals surface area contributed by atoms with Gasteiger partial charge in [0.25, 0.3) is 0 Å². The molecule has 5 heteroatoms.